The lowest BCUT2D eigenvalue weighted by Crippen LogP contribution is -2.45. The maximum absolute atomic E-state index is 11.5. The largest absolute Gasteiger partial charge is 0.481 e. The first kappa shape index (κ1) is 106. The van der Waals surface area contributed by atoms with Gasteiger partial charge in [-0.25, -0.2) is 0 Å². The summed E-state index contributed by atoms with van der Waals surface area (Å²) >= 11 is 3.45. The summed E-state index contributed by atoms with van der Waals surface area (Å²) in [6.07, 6.45) is 23.3. The lowest BCUT2D eigenvalue weighted by molar-refractivity contribution is -0.137. The van der Waals surface area contributed by atoms with Gasteiger partial charge in [0.25, 0.3) is 0 Å². The third-order valence-electron chi connectivity index (χ3n) is 29.2. The molecule has 6 aromatic rings. The second-order valence-electron chi connectivity index (χ2n) is 43.3. The normalized spacial score (nSPS) is 22.3. The molecule has 3 aliphatic carbocycles. The Morgan fingerprint density at radius 2 is 0.664 bits per heavy atom. The van der Waals surface area contributed by atoms with E-state index in [2.05, 4.69) is 263 Å². The molecule has 0 bridgehead atoms. The van der Waals surface area contributed by atoms with Gasteiger partial charge in [-0.3, -0.25) is 4.79 Å². The molecule has 0 aromatic heterocycles. The van der Waals surface area contributed by atoms with Crippen LogP contribution in [-0.2, 0) is 36.9 Å². The number of halogens is 1. The zero-order chi connectivity index (χ0) is 91.1. The number of aliphatic hydroxyl groups is 4. The summed E-state index contributed by atoms with van der Waals surface area (Å²) in [5, 5.41) is 59.8. The third kappa shape index (κ3) is 33.0. The van der Waals surface area contributed by atoms with Gasteiger partial charge in [-0.15, -0.1) is 0 Å². The molecule has 684 valence electrons. The van der Waals surface area contributed by atoms with E-state index >= 15 is 0 Å². The number of benzene rings is 6. The van der Waals surface area contributed by atoms with E-state index in [9.17, 15) is 39.6 Å². The molecule has 122 heavy (non-hydrogen) atoms. The van der Waals surface area contributed by atoms with Gasteiger partial charge in [0.2, 0.25) is 0 Å². The second kappa shape index (κ2) is 47.8. The molecule has 6 aromatic carbocycles. The van der Waals surface area contributed by atoms with Gasteiger partial charge in [-0.05, 0) is 300 Å². The van der Waals surface area contributed by atoms with Gasteiger partial charge in [0.1, 0.15) is 17.9 Å². The van der Waals surface area contributed by atoms with Gasteiger partial charge in [-0.1, -0.05) is 258 Å². The highest BCUT2D eigenvalue weighted by Crippen LogP contribution is 2.52. The number of carbonyl (C=O) groups is 4. The Morgan fingerprint density at radius 1 is 0.385 bits per heavy atom. The van der Waals surface area contributed by atoms with Crippen molar-refractivity contribution in [3.05, 3.63) is 141 Å². The van der Waals surface area contributed by atoms with Crippen LogP contribution >= 0.6 is 15.9 Å². The van der Waals surface area contributed by atoms with Crippen molar-refractivity contribution in [1.82, 2.24) is 0 Å². The zero-order valence-corrected chi connectivity index (χ0v) is 86.1. The van der Waals surface area contributed by atoms with Gasteiger partial charge in [0, 0.05) is 30.2 Å². The summed E-state index contributed by atoms with van der Waals surface area (Å²) < 4.78 is 29.8. The topological polar surface area (TPSA) is 206 Å². The van der Waals surface area contributed by atoms with Crippen LogP contribution in [0, 0.1) is 56.3 Å². The lowest BCUT2D eigenvalue weighted by Gasteiger charge is -2.40. The van der Waals surface area contributed by atoms with Crippen molar-refractivity contribution in [2.24, 2.45) is 35.5 Å². The molecule has 5 unspecified atom stereocenters. The first-order chi connectivity index (χ1) is 56.7. The minimum absolute atomic E-state index is 0.00762. The number of carboxylic acids is 1. The summed E-state index contributed by atoms with van der Waals surface area (Å²) in [7, 11) is -7.87. The van der Waals surface area contributed by atoms with Crippen LogP contribution in [0.15, 0.2) is 114 Å². The summed E-state index contributed by atoms with van der Waals surface area (Å²) in [5.74, 6) is 1.44. The fourth-order valence-electron chi connectivity index (χ4n) is 17.6. The third-order valence-corrected chi connectivity index (χ3v) is 47.7. The van der Waals surface area contributed by atoms with Crippen molar-refractivity contribution in [2.75, 3.05) is 0 Å². The molecule has 0 radical (unpaired) electrons. The maximum Gasteiger partial charge on any atom is 0.303 e. The number of rotatable bonds is 40. The van der Waals surface area contributed by atoms with Crippen molar-refractivity contribution in [1.29, 1.82) is 0 Å². The standard InChI is InChI=1S/C39H66O4Si2.C28H56O4Si2.C26H36O5.C11H9Br/c1-28-19-20-31-26-32(22-21-30(31)25-28)35(41)24-23-34-33(18-16-14-13-15-17-29(2)40)36(42-44(9,10)38(3,4)5)27-37(34)43-45(11,12)39(6,7)8;1-22(30)17-14-12-13-15-18-23-24(19-16-20-29)26(32-34(10,11)28(5,6)7)21-25(23)31-33(8,9)27(2,3)4;1-17-8-9-19-15-20(11-10-18(19)14-17)23(27)13-12-22-21(24(28)16-25(22)29)6-4-2-3-5-7-26(30)31;1-8-2-3-10-7-11(12)5-4-9(10)6-8/h19-22,25-26,33-37,41H,13-18,23-24,27H2,1-12H3;20,23-26H,12-19,21H2,1-11H3;8-11,14-15,21-25,27-29H,2-7,12-13,16H2,1H3,(H,30,31);2-7H,1H3/t33-,34-,35?,36+,37?;23-,24-,25+,26?;21-,22-,23?,24+,25?;/m111./s1. The Labute approximate surface area is 752 Å². The molecule has 3 fully saturated rings. The molecule has 0 spiro atoms. The fraction of sp³-hybridized carbons (Fsp3) is 0.673. The van der Waals surface area contributed by atoms with Crippen LogP contribution in [-0.4, -0.2) is 119 Å². The lowest BCUT2D eigenvalue weighted by atomic mass is 9.84. The van der Waals surface area contributed by atoms with Gasteiger partial charge >= 0.3 is 5.97 Å². The molecule has 0 heterocycles. The predicted octanol–water partition coefficient (Wildman–Crippen LogP) is 28.3. The fourth-order valence-corrected chi connectivity index (χ4v) is 23.5. The number of fused-ring (bicyclic) bond motifs is 3. The highest BCUT2D eigenvalue weighted by Gasteiger charge is 2.53. The van der Waals surface area contributed by atoms with Crippen LogP contribution in [0.25, 0.3) is 32.3 Å². The number of aliphatic hydroxyl groups excluding tert-OH is 4. The molecule has 13 nitrogen and oxygen atoms in total. The summed E-state index contributed by atoms with van der Waals surface area (Å²) in [5.41, 5.74) is 5.66. The van der Waals surface area contributed by atoms with Crippen molar-refractivity contribution in [3.8, 4) is 0 Å². The highest BCUT2D eigenvalue weighted by atomic mass is 79.9. The first-order valence-corrected chi connectivity index (χ1v) is 59.4. The number of unbranched alkanes of at least 4 members (excludes halogenated alkanes) is 9. The average molecular weight is 1820 g/mol. The molecule has 14 atom stereocenters. The Balaban J connectivity index is 0.000000268. The van der Waals surface area contributed by atoms with E-state index in [0.717, 1.165) is 155 Å². The van der Waals surface area contributed by atoms with E-state index in [0.29, 0.717) is 74.4 Å². The van der Waals surface area contributed by atoms with Crippen LogP contribution in [0.2, 0.25) is 72.5 Å². The van der Waals surface area contributed by atoms with Gasteiger partial charge in [0.15, 0.2) is 33.3 Å². The Hall–Kier alpha value is -4.39. The van der Waals surface area contributed by atoms with Crippen LogP contribution in [0.1, 0.15) is 310 Å². The highest BCUT2D eigenvalue weighted by molar-refractivity contribution is 9.10. The molecule has 18 heteroatoms. The SMILES string of the molecule is CC(=O)CCCCCC[C@H]1[C@@H](O[Si](C)(C)C(C)(C)C)CC(O[Si](C)(C)C(C)(C)C)[C@@H]1CCC(O)c1ccc2cc(C)ccc2c1.CC(=O)CCCCCC[C@H]1[C@@H](O[Si](C)(C)C(C)(C)C)CC(O[Si](C)(C)C(C)(C)C)[C@@H]1CCC=O.Cc1ccc2cc(Br)ccc2c1.Cc1ccc2cc(C(O)CC[C@H]3C(O)C[C@H](O)[C@@H]3CCCCCCC(=O)O)ccc2c1. The van der Waals surface area contributed by atoms with Crippen molar-refractivity contribution in [3.63, 3.8) is 0 Å². The number of hydrogen-bond acceptors (Lipinski definition) is 12. The number of carbonyl (C=O) groups excluding carboxylic acids is 3. The summed E-state index contributed by atoms with van der Waals surface area (Å²) in [6.45, 7) is 56.4. The number of aliphatic carboxylic acids is 1. The quantitative estimate of drug-likeness (QED) is 0.0138. The van der Waals surface area contributed by atoms with E-state index in [1.807, 2.05) is 18.2 Å². The minimum Gasteiger partial charge on any atom is -0.481 e. The molecule has 3 saturated carbocycles. The monoisotopic (exact) mass is 1820 g/mol. The average Bonchev–Trinajstić information content (AvgIpc) is 1.63. The minimum atomic E-state index is -2.02. The molecule has 0 aliphatic heterocycles. The number of aryl methyl sites for hydroxylation is 3. The van der Waals surface area contributed by atoms with Gasteiger partial charge in [-0.2, -0.15) is 0 Å². The molecule has 5 N–H and O–H groups in total. The van der Waals surface area contributed by atoms with Crippen LogP contribution in [0.3, 0.4) is 0 Å². The molecular formula is C104H167BrO13Si4. The number of hydrogen-bond donors (Lipinski definition) is 5. The van der Waals surface area contributed by atoms with Gasteiger partial charge < -0.3 is 57.6 Å². The molecule has 0 saturated heterocycles. The van der Waals surface area contributed by atoms with Crippen molar-refractivity contribution >= 4 is 105 Å². The van der Waals surface area contributed by atoms with Crippen LogP contribution in [0.5, 0.6) is 0 Å². The van der Waals surface area contributed by atoms with Crippen LogP contribution < -0.4 is 0 Å². The molecule has 3 aliphatic rings. The van der Waals surface area contributed by atoms with E-state index in [1.165, 1.54) is 38.2 Å². The summed E-state index contributed by atoms with van der Waals surface area (Å²) in [4.78, 5) is 44.7. The van der Waals surface area contributed by atoms with Crippen molar-refractivity contribution in [2.45, 2.75) is 412 Å². The Bertz CT molecular complexity index is 4180. The zero-order valence-electron chi connectivity index (χ0n) is 80.5. The summed E-state index contributed by atoms with van der Waals surface area (Å²) in [6, 6.07) is 38.1. The number of ketones is 2. The smallest absolute Gasteiger partial charge is 0.303 e. The molecular weight excluding hydrogens is 1650 g/mol. The number of carboxylic acid groups (broad SMARTS) is 1. The predicted molar refractivity (Wildman–Crippen MR) is 525 cm³/mol. The van der Waals surface area contributed by atoms with E-state index in [-0.39, 0.29) is 68.6 Å². The second-order valence-corrected chi connectivity index (χ2v) is 63.2. The number of aldehydes is 1. The molecule has 9 rings (SSSR count). The van der Waals surface area contributed by atoms with Crippen LogP contribution in [0.4, 0.5) is 0 Å². The Morgan fingerprint density at radius 3 is 1.00 bits per heavy atom. The Kier molecular flexibility index (Phi) is 41.7. The first-order valence-electron chi connectivity index (χ1n) is 47.0. The van der Waals surface area contributed by atoms with E-state index in [4.69, 9.17) is 22.8 Å². The molecule has 0 amide bonds. The van der Waals surface area contributed by atoms with E-state index in [1.54, 1.807) is 13.8 Å². The van der Waals surface area contributed by atoms with E-state index < -0.39 is 63.7 Å². The van der Waals surface area contributed by atoms with Crippen molar-refractivity contribution < 1.29 is 62.4 Å². The maximum atomic E-state index is 11.5. The van der Waals surface area contributed by atoms with Gasteiger partial charge in [0.05, 0.1) is 48.8 Å². The number of Topliss-reactive ketones (excluding diaryl/α,β-unsaturated/α-hetero) is 2.